The second-order valence-corrected chi connectivity index (χ2v) is 3.13. The van der Waals surface area contributed by atoms with Crippen molar-refractivity contribution in [1.29, 1.82) is 0 Å². The number of carbonyl (C=O) groups is 2. The number of Topliss-reactive ketones (excluding diaryl/α,β-unsaturated/α-hetero) is 2. The molecule has 0 heterocycles. The van der Waals surface area contributed by atoms with Crippen molar-refractivity contribution in [3.05, 3.63) is 0 Å². The van der Waals surface area contributed by atoms with Crippen LogP contribution in [0.3, 0.4) is 0 Å². The maximum absolute atomic E-state index is 11.2. The van der Waals surface area contributed by atoms with E-state index >= 15 is 0 Å². The number of ketones is 2. The predicted octanol–water partition coefficient (Wildman–Crippen LogP) is 1.72. The zero-order valence-corrected chi connectivity index (χ0v) is 6.93. The van der Waals surface area contributed by atoms with Crippen molar-refractivity contribution < 1.29 is 9.59 Å². The molecule has 0 atom stereocenters. The first-order chi connectivity index (χ1) is 5.25. The van der Waals surface area contributed by atoms with E-state index in [4.69, 9.17) is 0 Å². The molecular weight excluding hydrogens is 140 g/mol. The summed E-state index contributed by atoms with van der Waals surface area (Å²) in [5, 5.41) is 0. The molecule has 1 aliphatic carbocycles. The Balaban J connectivity index is 2.55. The zero-order chi connectivity index (χ0) is 8.27. The third kappa shape index (κ3) is 1.88. The summed E-state index contributed by atoms with van der Waals surface area (Å²) in [4.78, 5) is 22.3. The highest BCUT2D eigenvalue weighted by atomic mass is 16.2. The molecule has 2 heteroatoms. The molecule has 11 heavy (non-hydrogen) atoms. The fourth-order valence-corrected chi connectivity index (χ4v) is 1.58. The summed E-state index contributed by atoms with van der Waals surface area (Å²) in [6.45, 7) is 2.01. The molecule has 0 amide bonds. The third-order valence-electron chi connectivity index (χ3n) is 2.20. The minimum atomic E-state index is -0.242. The topological polar surface area (TPSA) is 34.1 Å². The Kier molecular flexibility index (Phi) is 2.80. The van der Waals surface area contributed by atoms with Gasteiger partial charge in [-0.1, -0.05) is 13.3 Å². The van der Waals surface area contributed by atoms with Crippen LogP contribution in [-0.4, -0.2) is 11.6 Å². The molecular formula is C9H14O2. The molecule has 0 radical (unpaired) electrons. The third-order valence-corrected chi connectivity index (χ3v) is 2.20. The van der Waals surface area contributed by atoms with Gasteiger partial charge in [0.05, 0.1) is 5.92 Å². The molecule has 62 valence electrons. The summed E-state index contributed by atoms with van der Waals surface area (Å²) >= 11 is 0. The van der Waals surface area contributed by atoms with Crippen LogP contribution in [0, 0.1) is 5.92 Å². The van der Waals surface area contributed by atoms with Crippen molar-refractivity contribution in [2.45, 2.75) is 39.0 Å². The van der Waals surface area contributed by atoms with Crippen LogP contribution >= 0.6 is 0 Å². The second kappa shape index (κ2) is 3.65. The Hall–Kier alpha value is -0.660. The predicted molar refractivity (Wildman–Crippen MR) is 42.3 cm³/mol. The van der Waals surface area contributed by atoms with Gasteiger partial charge in [-0.15, -0.1) is 0 Å². The number of hydrogen-bond donors (Lipinski definition) is 0. The van der Waals surface area contributed by atoms with Crippen molar-refractivity contribution in [2.75, 3.05) is 0 Å². The van der Waals surface area contributed by atoms with Crippen LogP contribution in [0.5, 0.6) is 0 Å². The van der Waals surface area contributed by atoms with E-state index < -0.39 is 0 Å². The van der Waals surface area contributed by atoms with Gasteiger partial charge in [0.2, 0.25) is 0 Å². The van der Waals surface area contributed by atoms with E-state index in [9.17, 15) is 9.59 Å². The van der Waals surface area contributed by atoms with Crippen LogP contribution < -0.4 is 0 Å². The summed E-state index contributed by atoms with van der Waals surface area (Å²) in [6.07, 6.45) is 3.71. The highest BCUT2D eigenvalue weighted by molar-refractivity contribution is 6.04. The number of carbonyl (C=O) groups excluding carboxylic acids is 2. The van der Waals surface area contributed by atoms with Gasteiger partial charge in [0, 0.05) is 12.8 Å². The molecule has 0 N–H and O–H groups in total. The molecule has 0 spiro atoms. The first-order valence-electron chi connectivity index (χ1n) is 4.31. The van der Waals surface area contributed by atoms with E-state index in [1.54, 1.807) is 0 Å². The van der Waals surface area contributed by atoms with Gasteiger partial charge in [-0.25, -0.2) is 0 Å². The SMILES string of the molecule is CCCC1C(=O)CCCC1=O. The van der Waals surface area contributed by atoms with E-state index in [0.717, 1.165) is 19.3 Å². The molecule has 0 aromatic rings. The van der Waals surface area contributed by atoms with Gasteiger partial charge >= 0.3 is 0 Å². The summed E-state index contributed by atoms with van der Waals surface area (Å²) in [6, 6.07) is 0. The summed E-state index contributed by atoms with van der Waals surface area (Å²) in [5.41, 5.74) is 0. The number of hydrogen-bond acceptors (Lipinski definition) is 2. The Morgan fingerprint density at radius 3 is 2.27 bits per heavy atom. The van der Waals surface area contributed by atoms with Crippen molar-refractivity contribution in [3.63, 3.8) is 0 Å². The highest BCUT2D eigenvalue weighted by Crippen LogP contribution is 2.20. The van der Waals surface area contributed by atoms with E-state index in [-0.39, 0.29) is 17.5 Å². The molecule has 1 fully saturated rings. The van der Waals surface area contributed by atoms with Gasteiger partial charge in [-0.3, -0.25) is 9.59 Å². The van der Waals surface area contributed by atoms with E-state index in [2.05, 4.69) is 0 Å². The van der Waals surface area contributed by atoms with Gasteiger partial charge < -0.3 is 0 Å². The van der Waals surface area contributed by atoms with Gasteiger partial charge in [-0.2, -0.15) is 0 Å². The summed E-state index contributed by atoms with van der Waals surface area (Å²) < 4.78 is 0. The molecule has 0 aromatic carbocycles. The van der Waals surface area contributed by atoms with Crippen LogP contribution in [0.1, 0.15) is 39.0 Å². The molecule has 1 rings (SSSR count). The van der Waals surface area contributed by atoms with Crippen LogP contribution in [0.4, 0.5) is 0 Å². The maximum Gasteiger partial charge on any atom is 0.143 e. The van der Waals surface area contributed by atoms with Crippen molar-refractivity contribution in [1.82, 2.24) is 0 Å². The first-order valence-corrected chi connectivity index (χ1v) is 4.31. The molecule has 0 aliphatic heterocycles. The van der Waals surface area contributed by atoms with Gasteiger partial charge in [-0.05, 0) is 12.8 Å². The quantitative estimate of drug-likeness (QED) is 0.567. The van der Waals surface area contributed by atoms with Crippen LogP contribution in [0.2, 0.25) is 0 Å². The summed E-state index contributed by atoms with van der Waals surface area (Å²) in [7, 11) is 0. The Morgan fingerprint density at radius 1 is 1.27 bits per heavy atom. The second-order valence-electron chi connectivity index (χ2n) is 3.13. The van der Waals surface area contributed by atoms with Crippen LogP contribution in [0.25, 0.3) is 0 Å². The lowest BCUT2D eigenvalue weighted by Gasteiger charge is -2.17. The Labute approximate surface area is 67.0 Å². The first kappa shape index (κ1) is 8.44. The lowest BCUT2D eigenvalue weighted by molar-refractivity contribution is -0.135. The average Bonchev–Trinajstić information content (AvgIpc) is 1.97. The smallest absolute Gasteiger partial charge is 0.143 e. The minimum Gasteiger partial charge on any atom is -0.299 e. The van der Waals surface area contributed by atoms with Gasteiger partial charge in [0.25, 0.3) is 0 Å². The molecule has 0 unspecified atom stereocenters. The summed E-state index contributed by atoms with van der Waals surface area (Å²) in [5.74, 6) is 0.0972. The molecule has 1 saturated carbocycles. The monoisotopic (exact) mass is 154 g/mol. The number of rotatable bonds is 2. The maximum atomic E-state index is 11.2. The van der Waals surface area contributed by atoms with Crippen molar-refractivity contribution in [2.24, 2.45) is 5.92 Å². The Bertz CT molecular complexity index is 156. The lowest BCUT2D eigenvalue weighted by Crippen LogP contribution is -2.28. The lowest BCUT2D eigenvalue weighted by atomic mass is 9.84. The van der Waals surface area contributed by atoms with Gasteiger partial charge in [0.1, 0.15) is 11.6 Å². The fourth-order valence-electron chi connectivity index (χ4n) is 1.58. The van der Waals surface area contributed by atoms with E-state index in [0.29, 0.717) is 12.8 Å². The average molecular weight is 154 g/mol. The molecule has 0 bridgehead atoms. The van der Waals surface area contributed by atoms with Crippen LogP contribution in [-0.2, 0) is 9.59 Å². The van der Waals surface area contributed by atoms with Gasteiger partial charge in [0.15, 0.2) is 0 Å². The van der Waals surface area contributed by atoms with E-state index in [1.807, 2.05) is 6.92 Å². The van der Waals surface area contributed by atoms with Crippen LogP contribution in [0.15, 0.2) is 0 Å². The molecule has 0 aromatic heterocycles. The molecule has 0 saturated heterocycles. The largest absolute Gasteiger partial charge is 0.299 e. The van der Waals surface area contributed by atoms with Crippen molar-refractivity contribution in [3.8, 4) is 0 Å². The highest BCUT2D eigenvalue weighted by Gasteiger charge is 2.28. The minimum absolute atomic E-state index is 0.170. The van der Waals surface area contributed by atoms with E-state index in [1.165, 1.54) is 0 Å². The normalized spacial score (nSPS) is 20.8. The molecule has 1 aliphatic rings. The standard InChI is InChI=1S/C9H14O2/c1-2-4-7-8(10)5-3-6-9(7)11/h7H,2-6H2,1H3. The molecule has 2 nitrogen and oxygen atoms in total. The fraction of sp³-hybridized carbons (Fsp3) is 0.778. The Morgan fingerprint density at radius 2 is 1.82 bits per heavy atom. The van der Waals surface area contributed by atoms with Crippen molar-refractivity contribution >= 4 is 11.6 Å². The zero-order valence-electron chi connectivity index (χ0n) is 6.93.